The Balaban J connectivity index is 3.02. The molecule has 0 amide bonds. The van der Waals surface area contributed by atoms with Gasteiger partial charge in [0.25, 0.3) is 0 Å². The van der Waals surface area contributed by atoms with Gasteiger partial charge in [0.1, 0.15) is 0 Å². The highest BCUT2D eigenvalue weighted by molar-refractivity contribution is 7.99. The van der Waals surface area contributed by atoms with Crippen molar-refractivity contribution in [1.29, 1.82) is 0 Å². The third-order valence-corrected chi connectivity index (χ3v) is 5.60. The van der Waals surface area contributed by atoms with E-state index >= 15 is 0 Å². The summed E-state index contributed by atoms with van der Waals surface area (Å²) in [6.45, 7) is 4.57. The third-order valence-electron chi connectivity index (χ3n) is 4.44. The fraction of sp³-hybridized carbons (Fsp3) is 0.909. The summed E-state index contributed by atoms with van der Waals surface area (Å²) in [4.78, 5) is 0. The van der Waals surface area contributed by atoms with Crippen molar-refractivity contribution in [3.8, 4) is 0 Å². The molecule has 0 aliphatic rings. The van der Waals surface area contributed by atoms with Crippen LogP contribution < -0.4 is 0 Å². The first-order chi connectivity index (χ1) is 11.4. The fourth-order valence-electron chi connectivity index (χ4n) is 2.80. The monoisotopic (exact) mass is 340 g/mol. The van der Waals surface area contributed by atoms with E-state index in [0.29, 0.717) is 0 Å². The first kappa shape index (κ1) is 23.1. The van der Waals surface area contributed by atoms with Gasteiger partial charge >= 0.3 is 0 Å². The quantitative estimate of drug-likeness (QED) is 0.168. The van der Waals surface area contributed by atoms with E-state index in [1.165, 1.54) is 114 Å². The molecule has 0 heterocycles. The Labute approximate surface area is 152 Å². The molecule has 0 fully saturated rings. The highest BCUT2D eigenvalue weighted by Gasteiger charge is 1.92. The lowest BCUT2D eigenvalue weighted by molar-refractivity contribution is 0.607. The molecule has 0 rings (SSSR count). The van der Waals surface area contributed by atoms with Gasteiger partial charge in [-0.1, -0.05) is 90.2 Å². The molecule has 23 heavy (non-hydrogen) atoms. The van der Waals surface area contributed by atoms with Crippen LogP contribution in [0.5, 0.6) is 0 Å². The largest absolute Gasteiger partial charge is 0.162 e. The number of hydrogen-bond acceptors (Lipinski definition) is 1. The summed E-state index contributed by atoms with van der Waals surface area (Å²) in [5.41, 5.74) is 0. The van der Waals surface area contributed by atoms with Gasteiger partial charge in [0.2, 0.25) is 0 Å². The highest BCUT2D eigenvalue weighted by atomic mass is 32.2. The molecule has 1 heteroatoms. The number of hydrogen-bond donors (Lipinski definition) is 0. The van der Waals surface area contributed by atoms with E-state index < -0.39 is 0 Å². The molecule has 0 aliphatic heterocycles. The lowest BCUT2D eigenvalue weighted by Gasteiger charge is -2.01. The maximum Gasteiger partial charge on any atom is -0.00675 e. The summed E-state index contributed by atoms with van der Waals surface area (Å²) in [7, 11) is 0. The average molecular weight is 341 g/mol. The van der Waals surface area contributed by atoms with Crippen LogP contribution in [-0.4, -0.2) is 11.5 Å². The summed E-state index contributed by atoms with van der Waals surface area (Å²) in [5.74, 6) is 2.77. The van der Waals surface area contributed by atoms with Crippen molar-refractivity contribution in [2.45, 2.75) is 117 Å². The first-order valence-electron chi connectivity index (χ1n) is 10.6. The molecular formula is C22H44S. The summed E-state index contributed by atoms with van der Waals surface area (Å²) >= 11 is 2.16. The molecule has 0 atom stereocenters. The van der Waals surface area contributed by atoms with Crippen LogP contribution in [0.4, 0.5) is 0 Å². The molecule has 0 saturated heterocycles. The van der Waals surface area contributed by atoms with Gasteiger partial charge in [-0.15, -0.1) is 0 Å². The standard InChI is InChI=1S/C22H44S/c1-3-5-7-8-9-10-11-12-13-14-15-16-17-18-19-20-22-23-21-6-4-2/h12-13H,3-11,14-22H2,1-2H3. The average Bonchev–Trinajstić information content (AvgIpc) is 2.57. The number of rotatable bonds is 19. The zero-order chi connectivity index (χ0) is 16.8. The van der Waals surface area contributed by atoms with Crippen LogP contribution in [0.15, 0.2) is 12.2 Å². The minimum Gasteiger partial charge on any atom is -0.162 e. The van der Waals surface area contributed by atoms with Gasteiger partial charge < -0.3 is 0 Å². The predicted molar refractivity (Wildman–Crippen MR) is 112 cm³/mol. The van der Waals surface area contributed by atoms with Crippen molar-refractivity contribution in [3.05, 3.63) is 12.2 Å². The molecule has 0 nitrogen and oxygen atoms in total. The van der Waals surface area contributed by atoms with Crippen LogP contribution in [0, 0.1) is 0 Å². The van der Waals surface area contributed by atoms with Crippen LogP contribution >= 0.6 is 11.8 Å². The molecule has 0 bridgehead atoms. The smallest absolute Gasteiger partial charge is 0.00675 e. The zero-order valence-electron chi connectivity index (χ0n) is 16.3. The normalized spacial score (nSPS) is 11.6. The summed E-state index contributed by atoms with van der Waals surface area (Å²) in [6.07, 6.45) is 27.3. The topological polar surface area (TPSA) is 0 Å². The fourth-order valence-corrected chi connectivity index (χ4v) is 3.91. The SMILES string of the molecule is CCCCCCCCC=CCCCCCCCCSCCCC. The first-order valence-corrected chi connectivity index (χ1v) is 11.8. The Morgan fingerprint density at radius 1 is 0.478 bits per heavy atom. The maximum absolute atomic E-state index is 2.43. The van der Waals surface area contributed by atoms with E-state index in [1.54, 1.807) is 0 Å². The van der Waals surface area contributed by atoms with Gasteiger partial charge in [-0.3, -0.25) is 0 Å². The van der Waals surface area contributed by atoms with Gasteiger partial charge in [0.15, 0.2) is 0 Å². The van der Waals surface area contributed by atoms with Crippen molar-refractivity contribution in [2.75, 3.05) is 11.5 Å². The summed E-state index contributed by atoms with van der Waals surface area (Å²) in [5, 5.41) is 0. The second-order valence-corrected chi connectivity index (χ2v) is 8.13. The van der Waals surface area contributed by atoms with Gasteiger partial charge in [0, 0.05) is 0 Å². The van der Waals surface area contributed by atoms with E-state index in [0.717, 1.165) is 0 Å². The van der Waals surface area contributed by atoms with Crippen LogP contribution in [-0.2, 0) is 0 Å². The van der Waals surface area contributed by atoms with E-state index in [1.807, 2.05) is 0 Å². The third kappa shape index (κ3) is 22.1. The van der Waals surface area contributed by atoms with Crippen molar-refractivity contribution in [1.82, 2.24) is 0 Å². The molecule has 0 unspecified atom stereocenters. The van der Waals surface area contributed by atoms with Crippen LogP contribution in [0.1, 0.15) is 117 Å². The van der Waals surface area contributed by atoms with E-state index in [-0.39, 0.29) is 0 Å². The molecule has 0 aromatic heterocycles. The second kappa shape index (κ2) is 22.1. The van der Waals surface area contributed by atoms with E-state index in [9.17, 15) is 0 Å². The minimum atomic E-state index is 1.31. The van der Waals surface area contributed by atoms with E-state index in [4.69, 9.17) is 0 Å². The number of thioether (sulfide) groups is 1. The van der Waals surface area contributed by atoms with Crippen LogP contribution in [0.2, 0.25) is 0 Å². The molecule has 0 aliphatic carbocycles. The Kier molecular flexibility index (Phi) is 22.2. The molecule has 0 N–H and O–H groups in total. The Bertz CT molecular complexity index is 222. The summed E-state index contributed by atoms with van der Waals surface area (Å²) < 4.78 is 0. The van der Waals surface area contributed by atoms with Gasteiger partial charge in [0.05, 0.1) is 0 Å². The lowest BCUT2D eigenvalue weighted by atomic mass is 10.1. The van der Waals surface area contributed by atoms with Crippen molar-refractivity contribution < 1.29 is 0 Å². The zero-order valence-corrected chi connectivity index (χ0v) is 17.1. The van der Waals surface area contributed by atoms with Crippen molar-refractivity contribution >= 4 is 11.8 Å². The number of allylic oxidation sites excluding steroid dienone is 2. The molecule has 0 aromatic carbocycles. The Morgan fingerprint density at radius 3 is 1.48 bits per heavy atom. The second-order valence-electron chi connectivity index (χ2n) is 6.90. The van der Waals surface area contributed by atoms with Crippen LogP contribution in [0.3, 0.4) is 0 Å². The molecule has 0 spiro atoms. The van der Waals surface area contributed by atoms with Crippen molar-refractivity contribution in [2.24, 2.45) is 0 Å². The maximum atomic E-state index is 2.43. The Hall–Kier alpha value is 0.0900. The van der Waals surface area contributed by atoms with Crippen molar-refractivity contribution in [3.63, 3.8) is 0 Å². The molecule has 0 saturated carbocycles. The van der Waals surface area contributed by atoms with E-state index in [2.05, 4.69) is 37.8 Å². The Morgan fingerprint density at radius 2 is 0.913 bits per heavy atom. The van der Waals surface area contributed by atoms with Gasteiger partial charge in [-0.2, -0.15) is 11.8 Å². The minimum absolute atomic E-state index is 1.31. The van der Waals surface area contributed by atoms with Gasteiger partial charge in [-0.25, -0.2) is 0 Å². The predicted octanol–water partition coefficient (Wildman–Crippen LogP) is 8.56. The molecular weight excluding hydrogens is 296 g/mol. The number of unbranched alkanes of at least 4 members (excludes halogenated alkanes) is 13. The van der Waals surface area contributed by atoms with Gasteiger partial charge in [-0.05, 0) is 50.0 Å². The van der Waals surface area contributed by atoms with Crippen LogP contribution in [0.25, 0.3) is 0 Å². The summed E-state index contributed by atoms with van der Waals surface area (Å²) in [6, 6.07) is 0. The molecule has 138 valence electrons. The highest BCUT2D eigenvalue weighted by Crippen LogP contribution is 2.12. The molecule has 0 aromatic rings. The lowest BCUT2D eigenvalue weighted by Crippen LogP contribution is -1.85. The molecule has 0 radical (unpaired) electrons.